The summed E-state index contributed by atoms with van der Waals surface area (Å²) in [6.07, 6.45) is -11.8. The average molecular weight is 736 g/mol. The summed E-state index contributed by atoms with van der Waals surface area (Å²) in [4.78, 5) is 0. The van der Waals surface area contributed by atoms with Gasteiger partial charge in [-0.25, -0.2) is 8.78 Å². The molecule has 0 spiro atoms. The zero-order chi connectivity index (χ0) is 40.1. The largest absolute Gasteiger partial charge is 0.573 e. The highest BCUT2D eigenvalue weighted by molar-refractivity contribution is 5.93. The van der Waals surface area contributed by atoms with Crippen LogP contribution in [0, 0.1) is 90.6 Å². The van der Waals surface area contributed by atoms with Gasteiger partial charge in [0.05, 0.1) is 63.3 Å². The van der Waals surface area contributed by atoms with Crippen molar-refractivity contribution in [2.75, 3.05) is 0 Å². The van der Waals surface area contributed by atoms with Crippen molar-refractivity contribution in [1.82, 2.24) is 0 Å². The van der Waals surface area contributed by atoms with E-state index in [1.807, 2.05) is 0 Å². The molecule has 0 unspecified atom stereocenters. The van der Waals surface area contributed by atoms with Crippen molar-refractivity contribution in [3.05, 3.63) is 139 Å². The number of rotatable bonds is 4. The van der Waals surface area contributed by atoms with Crippen LogP contribution in [-0.2, 0) is 9.47 Å². The zero-order valence-electron chi connectivity index (χ0n) is 26.0. The second-order valence-electron chi connectivity index (χ2n) is 10.3. The van der Waals surface area contributed by atoms with Gasteiger partial charge in [0, 0.05) is 28.4 Å². The number of hydrogen-bond acceptors (Lipinski definition) is 10. The average Bonchev–Trinajstić information content (AvgIpc) is 3.43. The van der Waals surface area contributed by atoms with Gasteiger partial charge in [-0.15, -0.1) is 26.3 Å². The Morgan fingerprint density at radius 2 is 0.926 bits per heavy atom. The van der Waals surface area contributed by atoms with Gasteiger partial charge in [-0.05, 0) is 53.6 Å². The molecule has 4 rings (SSSR count). The number of nitriles is 8. The zero-order valence-corrected chi connectivity index (χ0v) is 26.0. The number of halogens is 8. The number of benzene rings is 2. The maximum atomic E-state index is 16.5. The first-order chi connectivity index (χ1) is 25.5. The summed E-state index contributed by atoms with van der Waals surface area (Å²) in [6.45, 7) is 0. The van der Waals surface area contributed by atoms with Crippen molar-refractivity contribution in [1.29, 1.82) is 42.1 Å². The Morgan fingerprint density at radius 1 is 0.500 bits per heavy atom. The van der Waals surface area contributed by atoms with E-state index in [0.717, 1.165) is 48.5 Å². The van der Waals surface area contributed by atoms with Crippen LogP contribution in [0.25, 0.3) is 11.1 Å². The fourth-order valence-electron chi connectivity index (χ4n) is 5.13. The highest BCUT2D eigenvalue weighted by Gasteiger charge is 2.45. The Hall–Kier alpha value is -8.42. The molecule has 0 aromatic heterocycles. The number of alkyl halides is 6. The van der Waals surface area contributed by atoms with Crippen LogP contribution < -0.4 is 0 Å². The van der Waals surface area contributed by atoms with Gasteiger partial charge in [0.2, 0.25) is 0 Å². The topological polar surface area (TPSA) is 209 Å². The van der Waals surface area contributed by atoms with Crippen molar-refractivity contribution < 1.29 is 44.6 Å². The molecule has 10 nitrogen and oxygen atoms in total. The van der Waals surface area contributed by atoms with Gasteiger partial charge < -0.3 is 9.47 Å². The third kappa shape index (κ3) is 7.66. The predicted molar refractivity (Wildman–Crippen MR) is 162 cm³/mol. The van der Waals surface area contributed by atoms with Crippen molar-refractivity contribution in [3.8, 4) is 48.6 Å². The lowest BCUT2D eigenvalue weighted by Crippen LogP contribution is -2.18. The first-order valence-corrected chi connectivity index (χ1v) is 14.0. The molecular formula is C36H8F8N8O2. The van der Waals surface area contributed by atoms with E-state index < -0.39 is 91.6 Å². The third-order valence-corrected chi connectivity index (χ3v) is 7.09. The normalized spacial score (nSPS) is 18.4. The summed E-state index contributed by atoms with van der Waals surface area (Å²) in [7, 11) is 0. The Kier molecular flexibility index (Phi) is 10.5. The molecule has 0 radical (unpaired) electrons. The van der Waals surface area contributed by atoms with Gasteiger partial charge in [-0.1, -0.05) is 0 Å². The highest BCUT2D eigenvalue weighted by Crippen LogP contribution is 2.51. The summed E-state index contributed by atoms with van der Waals surface area (Å²) in [5, 5.41) is 78.0. The van der Waals surface area contributed by atoms with Crippen LogP contribution in [0.2, 0.25) is 0 Å². The van der Waals surface area contributed by atoms with Gasteiger partial charge in [-0.2, -0.15) is 42.1 Å². The Bertz CT molecular complexity index is 2570. The molecule has 0 fully saturated rings. The van der Waals surface area contributed by atoms with Gasteiger partial charge in [0.1, 0.15) is 47.2 Å². The summed E-state index contributed by atoms with van der Waals surface area (Å²) < 4.78 is 125. The van der Waals surface area contributed by atoms with Crippen LogP contribution in [0.3, 0.4) is 0 Å². The molecule has 0 atom stereocenters. The summed E-state index contributed by atoms with van der Waals surface area (Å²) in [6, 6.07) is 17.1. The predicted octanol–water partition coefficient (Wildman–Crippen LogP) is 8.09. The Morgan fingerprint density at radius 3 is 1.30 bits per heavy atom. The van der Waals surface area contributed by atoms with E-state index in [1.165, 1.54) is 12.1 Å². The van der Waals surface area contributed by atoms with Crippen LogP contribution in [0.15, 0.2) is 105 Å². The van der Waals surface area contributed by atoms with Crippen LogP contribution in [0.5, 0.6) is 0 Å². The van der Waals surface area contributed by atoms with Crippen LogP contribution in [0.1, 0.15) is 33.4 Å². The maximum Gasteiger partial charge on any atom is 0.573 e. The van der Waals surface area contributed by atoms with E-state index in [1.54, 1.807) is 24.3 Å². The summed E-state index contributed by atoms with van der Waals surface area (Å²) in [5.74, 6) is -7.72. The molecule has 2 aromatic rings. The molecule has 260 valence electrons. The number of allylic oxidation sites excluding steroid dienone is 10. The standard InChI is InChI=1S/C36H8F8N8O2/c37-33-23(13-49)7-28(53-35(39,40)41)30-27(16-52)34(38)31(26(15-51)22-5-19(11-47)2-20(6-22)12-48)32(30)29(54-36(42,43)44)8-24(33)25(14-50)21-3-17(9-45)1-18(4-21)10-46/h1-8H/b25-24-,28-7+,29-8?,31-26-,33-23-. The fraction of sp³-hybridized carbons (Fsp3) is 0.0556. The summed E-state index contributed by atoms with van der Waals surface area (Å²) in [5.41, 5.74) is -13.6. The molecule has 0 heterocycles. The molecular weight excluding hydrogens is 728 g/mol. The molecule has 0 saturated carbocycles. The van der Waals surface area contributed by atoms with Crippen molar-refractivity contribution in [2.24, 2.45) is 0 Å². The second-order valence-corrected chi connectivity index (χ2v) is 10.3. The van der Waals surface area contributed by atoms with E-state index in [4.69, 9.17) is 0 Å². The van der Waals surface area contributed by atoms with Gasteiger partial charge in [-0.3, -0.25) is 0 Å². The molecule has 0 bridgehead atoms. The molecule has 54 heavy (non-hydrogen) atoms. The van der Waals surface area contributed by atoms with Gasteiger partial charge in [0.15, 0.2) is 5.83 Å². The first-order valence-electron chi connectivity index (χ1n) is 14.0. The first kappa shape index (κ1) is 38.4. The lowest BCUT2D eigenvalue weighted by atomic mass is 9.91. The fourth-order valence-corrected chi connectivity index (χ4v) is 5.13. The van der Waals surface area contributed by atoms with Crippen molar-refractivity contribution in [2.45, 2.75) is 12.7 Å². The monoisotopic (exact) mass is 736 g/mol. The quantitative estimate of drug-likeness (QED) is 0.218. The molecule has 0 amide bonds. The minimum absolute atomic E-state index is 0.0124. The molecule has 0 saturated heterocycles. The number of nitrogens with zero attached hydrogens (tertiary/aromatic N) is 8. The smallest absolute Gasteiger partial charge is 0.405 e. The number of ether oxygens (including phenoxy) is 2. The van der Waals surface area contributed by atoms with Crippen LogP contribution in [0.4, 0.5) is 35.1 Å². The molecule has 0 aliphatic heterocycles. The van der Waals surface area contributed by atoms with Crippen molar-refractivity contribution >= 4 is 11.1 Å². The Labute approximate surface area is 297 Å². The second kappa shape index (κ2) is 14.8. The maximum absolute atomic E-state index is 16.5. The molecule has 0 N–H and O–H groups in total. The highest BCUT2D eigenvalue weighted by atomic mass is 19.4. The molecule has 2 aromatic carbocycles. The minimum atomic E-state index is -5.89. The molecule has 18 heteroatoms. The van der Waals surface area contributed by atoms with Crippen LogP contribution >= 0.6 is 0 Å². The van der Waals surface area contributed by atoms with Crippen molar-refractivity contribution in [3.63, 3.8) is 0 Å². The van der Waals surface area contributed by atoms with Gasteiger partial charge >= 0.3 is 12.7 Å². The minimum Gasteiger partial charge on any atom is -0.405 e. The van der Waals surface area contributed by atoms with E-state index >= 15 is 8.78 Å². The van der Waals surface area contributed by atoms with E-state index in [9.17, 15) is 68.4 Å². The van der Waals surface area contributed by atoms with E-state index in [2.05, 4.69) is 9.47 Å². The lowest BCUT2D eigenvalue weighted by Gasteiger charge is -2.20. The van der Waals surface area contributed by atoms with Gasteiger partial charge in [0.25, 0.3) is 0 Å². The third-order valence-electron chi connectivity index (χ3n) is 7.09. The SMILES string of the molecule is N#CC1=C(F)/C(=C(/C#N)c2cc(C#N)cc(C#N)c2)C2=C1\C(OC(F)(F)F)=C/C(C#N)=C(F)\C(=C(\C#N)c1cc(C#N)cc(C#N)c1)C=C2OC(F)(F)F. The van der Waals surface area contributed by atoms with E-state index in [-0.39, 0.29) is 34.4 Å². The molecule has 2 aliphatic rings. The molecule has 2 aliphatic carbocycles. The Balaban J connectivity index is 2.42. The summed E-state index contributed by atoms with van der Waals surface area (Å²) >= 11 is 0. The number of hydrogen-bond donors (Lipinski definition) is 0. The van der Waals surface area contributed by atoms with E-state index in [0.29, 0.717) is 0 Å². The van der Waals surface area contributed by atoms with Crippen LogP contribution in [-0.4, -0.2) is 12.7 Å². The lowest BCUT2D eigenvalue weighted by molar-refractivity contribution is -0.306.